The fraction of sp³-hybridized carbons (Fsp3) is 0.211. The first-order chi connectivity index (χ1) is 11.6. The molecule has 1 heterocycles. The molecular weight excluding hydrogens is 300 g/mol. The van der Waals surface area contributed by atoms with Crippen LogP contribution in [0, 0.1) is 0 Å². The summed E-state index contributed by atoms with van der Waals surface area (Å²) in [5, 5.41) is 8.55. The van der Waals surface area contributed by atoms with Crippen LogP contribution in [0.15, 0.2) is 66.9 Å². The van der Waals surface area contributed by atoms with Crippen molar-refractivity contribution in [2.24, 2.45) is 0 Å². The van der Waals surface area contributed by atoms with Crippen LogP contribution in [-0.4, -0.2) is 31.8 Å². The molecule has 0 unspecified atom stereocenters. The fourth-order valence-electron chi connectivity index (χ4n) is 2.46. The summed E-state index contributed by atoms with van der Waals surface area (Å²) in [6.45, 7) is 4.56. The first-order valence-corrected chi connectivity index (χ1v) is 7.98. The number of hydrogen-bond donors (Lipinski definition) is 0. The SMILES string of the molecule is CC(C)N(Cc1ccccc1)C(=O)c1cnn(-c2ccccc2)n1. The van der Waals surface area contributed by atoms with E-state index >= 15 is 0 Å². The number of nitrogens with zero attached hydrogens (tertiary/aromatic N) is 4. The van der Waals surface area contributed by atoms with Gasteiger partial charge < -0.3 is 4.90 Å². The third-order valence-electron chi connectivity index (χ3n) is 3.78. The minimum Gasteiger partial charge on any atom is -0.330 e. The summed E-state index contributed by atoms with van der Waals surface area (Å²) >= 11 is 0. The van der Waals surface area contributed by atoms with Gasteiger partial charge in [-0.05, 0) is 31.5 Å². The van der Waals surface area contributed by atoms with Crippen LogP contribution in [0.2, 0.25) is 0 Å². The second-order valence-corrected chi connectivity index (χ2v) is 5.87. The van der Waals surface area contributed by atoms with Crippen LogP contribution in [0.3, 0.4) is 0 Å². The molecule has 0 saturated carbocycles. The van der Waals surface area contributed by atoms with Gasteiger partial charge in [0.15, 0.2) is 5.69 Å². The molecule has 3 aromatic rings. The van der Waals surface area contributed by atoms with Crippen molar-refractivity contribution in [3.63, 3.8) is 0 Å². The van der Waals surface area contributed by atoms with E-state index < -0.39 is 0 Å². The van der Waals surface area contributed by atoms with E-state index in [-0.39, 0.29) is 11.9 Å². The average molecular weight is 320 g/mol. The Hall–Kier alpha value is -2.95. The molecule has 0 N–H and O–H groups in total. The highest BCUT2D eigenvalue weighted by Gasteiger charge is 2.22. The van der Waals surface area contributed by atoms with Gasteiger partial charge in [-0.15, -0.1) is 5.10 Å². The van der Waals surface area contributed by atoms with Crippen LogP contribution in [0.1, 0.15) is 29.9 Å². The molecule has 0 radical (unpaired) electrons. The van der Waals surface area contributed by atoms with Gasteiger partial charge in [-0.1, -0.05) is 48.5 Å². The zero-order valence-electron chi connectivity index (χ0n) is 13.8. The number of para-hydroxylation sites is 1. The number of rotatable bonds is 5. The van der Waals surface area contributed by atoms with E-state index in [0.717, 1.165) is 11.3 Å². The predicted octanol–water partition coefficient (Wildman–Crippen LogP) is 3.32. The number of benzene rings is 2. The average Bonchev–Trinajstić information content (AvgIpc) is 3.11. The lowest BCUT2D eigenvalue weighted by atomic mass is 10.2. The van der Waals surface area contributed by atoms with Crippen LogP contribution in [0.5, 0.6) is 0 Å². The maximum absolute atomic E-state index is 12.8. The highest BCUT2D eigenvalue weighted by Crippen LogP contribution is 2.13. The lowest BCUT2D eigenvalue weighted by Gasteiger charge is -2.26. The number of carbonyl (C=O) groups is 1. The third kappa shape index (κ3) is 3.51. The van der Waals surface area contributed by atoms with Gasteiger partial charge in [0.1, 0.15) is 0 Å². The van der Waals surface area contributed by atoms with E-state index in [1.54, 1.807) is 4.90 Å². The van der Waals surface area contributed by atoms with Gasteiger partial charge in [-0.3, -0.25) is 4.79 Å². The van der Waals surface area contributed by atoms with Gasteiger partial charge in [0, 0.05) is 12.6 Å². The Morgan fingerprint density at radius 2 is 1.67 bits per heavy atom. The predicted molar refractivity (Wildman–Crippen MR) is 92.8 cm³/mol. The van der Waals surface area contributed by atoms with E-state index in [1.807, 2.05) is 74.5 Å². The Bertz CT molecular complexity index is 797. The minimum atomic E-state index is -0.115. The van der Waals surface area contributed by atoms with Crippen molar-refractivity contribution in [1.82, 2.24) is 19.9 Å². The largest absolute Gasteiger partial charge is 0.330 e. The molecule has 5 heteroatoms. The molecule has 24 heavy (non-hydrogen) atoms. The van der Waals surface area contributed by atoms with E-state index in [1.165, 1.54) is 11.0 Å². The second-order valence-electron chi connectivity index (χ2n) is 5.87. The first kappa shape index (κ1) is 15.9. The van der Waals surface area contributed by atoms with Gasteiger partial charge in [-0.25, -0.2) is 0 Å². The molecular formula is C19H20N4O. The zero-order valence-corrected chi connectivity index (χ0v) is 13.8. The molecule has 0 aliphatic carbocycles. The molecule has 1 aromatic heterocycles. The smallest absolute Gasteiger partial charge is 0.276 e. The van der Waals surface area contributed by atoms with Gasteiger partial charge in [-0.2, -0.15) is 9.90 Å². The summed E-state index contributed by atoms with van der Waals surface area (Å²) in [6.07, 6.45) is 1.52. The van der Waals surface area contributed by atoms with Crippen LogP contribution >= 0.6 is 0 Å². The molecule has 122 valence electrons. The zero-order chi connectivity index (χ0) is 16.9. The van der Waals surface area contributed by atoms with Crippen molar-refractivity contribution >= 4 is 5.91 Å². The molecule has 0 aliphatic rings. The van der Waals surface area contributed by atoms with Crippen molar-refractivity contribution in [3.8, 4) is 5.69 Å². The molecule has 0 saturated heterocycles. The second kappa shape index (κ2) is 7.08. The van der Waals surface area contributed by atoms with E-state index in [4.69, 9.17) is 0 Å². The summed E-state index contributed by atoms with van der Waals surface area (Å²) in [4.78, 5) is 16.1. The molecule has 0 bridgehead atoms. The van der Waals surface area contributed by atoms with E-state index in [9.17, 15) is 4.79 Å². The summed E-state index contributed by atoms with van der Waals surface area (Å²) in [7, 11) is 0. The number of hydrogen-bond acceptors (Lipinski definition) is 3. The first-order valence-electron chi connectivity index (χ1n) is 7.98. The third-order valence-corrected chi connectivity index (χ3v) is 3.78. The molecule has 0 atom stereocenters. The Morgan fingerprint density at radius 3 is 2.29 bits per heavy atom. The van der Waals surface area contributed by atoms with Crippen LogP contribution in [-0.2, 0) is 6.54 Å². The standard InChI is InChI=1S/C19H20N4O/c1-15(2)22(14-16-9-5-3-6-10-16)19(24)18-13-20-23(21-18)17-11-7-4-8-12-17/h3-13,15H,14H2,1-2H3. The van der Waals surface area contributed by atoms with E-state index in [2.05, 4.69) is 10.2 Å². The lowest BCUT2D eigenvalue weighted by Crippen LogP contribution is -2.36. The maximum Gasteiger partial charge on any atom is 0.276 e. The molecule has 3 rings (SSSR count). The summed E-state index contributed by atoms with van der Waals surface area (Å²) < 4.78 is 0. The molecule has 2 aromatic carbocycles. The van der Waals surface area contributed by atoms with Crippen LogP contribution in [0.25, 0.3) is 5.69 Å². The summed E-state index contributed by atoms with van der Waals surface area (Å²) in [5.74, 6) is -0.115. The highest BCUT2D eigenvalue weighted by atomic mass is 16.2. The fourth-order valence-corrected chi connectivity index (χ4v) is 2.46. The summed E-state index contributed by atoms with van der Waals surface area (Å²) in [5.41, 5.74) is 2.27. The number of aromatic nitrogens is 3. The maximum atomic E-state index is 12.8. The van der Waals surface area contributed by atoms with Gasteiger partial charge >= 0.3 is 0 Å². The quantitative estimate of drug-likeness (QED) is 0.724. The molecule has 5 nitrogen and oxygen atoms in total. The van der Waals surface area contributed by atoms with E-state index in [0.29, 0.717) is 12.2 Å². The van der Waals surface area contributed by atoms with Gasteiger partial charge in [0.25, 0.3) is 5.91 Å². The minimum absolute atomic E-state index is 0.0691. The molecule has 0 aliphatic heterocycles. The normalized spacial score (nSPS) is 10.8. The van der Waals surface area contributed by atoms with Gasteiger partial charge in [0.2, 0.25) is 0 Å². The Labute approximate surface area is 141 Å². The van der Waals surface area contributed by atoms with Crippen molar-refractivity contribution in [2.45, 2.75) is 26.4 Å². The number of amides is 1. The van der Waals surface area contributed by atoms with Crippen molar-refractivity contribution in [3.05, 3.63) is 78.1 Å². The van der Waals surface area contributed by atoms with Crippen molar-refractivity contribution in [2.75, 3.05) is 0 Å². The topological polar surface area (TPSA) is 51.0 Å². The monoisotopic (exact) mass is 320 g/mol. The lowest BCUT2D eigenvalue weighted by molar-refractivity contribution is 0.0683. The van der Waals surface area contributed by atoms with Crippen LogP contribution in [0.4, 0.5) is 0 Å². The Balaban J connectivity index is 1.82. The molecule has 0 fully saturated rings. The van der Waals surface area contributed by atoms with Crippen LogP contribution < -0.4 is 0 Å². The summed E-state index contributed by atoms with van der Waals surface area (Å²) in [6, 6.07) is 19.6. The van der Waals surface area contributed by atoms with Gasteiger partial charge in [0.05, 0.1) is 11.9 Å². The molecule has 0 spiro atoms. The Morgan fingerprint density at radius 1 is 1.04 bits per heavy atom. The Kier molecular flexibility index (Phi) is 4.70. The van der Waals surface area contributed by atoms with Crippen molar-refractivity contribution in [1.29, 1.82) is 0 Å². The highest BCUT2D eigenvalue weighted by molar-refractivity contribution is 5.92. The number of carbonyl (C=O) groups excluding carboxylic acids is 1. The molecule has 1 amide bonds. The van der Waals surface area contributed by atoms with Crippen molar-refractivity contribution < 1.29 is 4.79 Å².